The van der Waals surface area contributed by atoms with E-state index in [1.807, 2.05) is 35.7 Å². The lowest BCUT2D eigenvalue weighted by atomic mass is 10.1. The molecule has 0 atom stereocenters. The average Bonchev–Trinajstić information content (AvgIpc) is 3.19. The molecular formula is C21H21NO5S. The number of phenolic OH excluding ortho intramolecular Hbond substituents is 1. The van der Waals surface area contributed by atoms with Crippen molar-refractivity contribution in [2.75, 3.05) is 14.2 Å². The van der Waals surface area contributed by atoms with Crippen molar-refractivity contribution in [1.29, 1.82) is 0 Å². The maximum atomic E-state index is 12.0. The van der Waals surface area contributed by atoms with Crippen LogP contribution in [-0.4, -0.2) is 30.3 Å². The van der Waals surface area contributed by atoms with Crippen LogP contribution in [0.4, 0.5) is 0 Å². The molecule has 0 radical (unpaired) electrons. The molecule has 1 aromatic heterocycles. The van der Waals surface area contributed by atoms with E-state index in [2.05, 4.69) is 4.98 Å². The minimum absolute atomic E-state index is 0.0553. The Morgan fingerprint density at radius 1 is 1.11 bits per heavy atom. The maximum absolute atomic E-state index is 12.0. The summed E-state index contributed by atoms with van der Waals surface area (Å²) in [5.74, 6) is 0.894. The molecule has 3 rings (SSSR count). The van der Waals surface area contributed by atoms with Crippen molar-refractivity contribution in [3.63, 3.8) is 0 Å². The molecule has 0 bridgehead atoms. The molecule has 0 unspecified atom stereocenters. The predicted molar refractivity (Wildman–Crippen MR) is 107 cm³/mol. The first-order valence-corrected chi connectivity index (χ1v) is 9.58. The molecule has 0 saturated heterocycles. The molecule has 28 heavy (non-hydrogen) atoms. The number of carbonyl (C=O) groups is 1. The van der Waals surface area contributed by atoms with Gasteiger partial charge in [-0.05, 0) is 36.2 Å². The zero-order valence-corrected chi connectivity index (χ0v) is 16.5. The molecule has 1 heterocycles. The number of methoxy groups -OCH3 is 2. The first kappa shape index (κ1) is 19.7. The minimum Gasteiger partial charge on any atom is -0.504 e. The van der Waals surface area contributed by atoms with Crippen LogP contribution in [0.25, 0.3) is 10.6 Å². The standard InChI is InChI=1S/C21H21NO5S/c1-25-18-6-4-3-5-16(18)21-22-15(13-28-21)12-27-20(24)10-8-14-7-9-19(26-2)17(23)11-14/h3-7,9,11,13,23H,8,10,12H2,1-2H3. The molecule has 2 aromatic carbocycles. The Kier molecular flexibility index (Phi) is 6.49. The number of thiazole rings is 1. The summed E-state index contributed by atoms with van der Waals surface area (Å²) in [7, 11) is 3.11. The number of esters is 1. The number of ether oxygens (including phenoxy) is 3. The van der Waals surface area contributed by atoms with Crippen LogP contribution in [0.15, 0.2) is 47.8 Å². The molecule has 1 N–H and O–H groups in total. The number of aromatic nitrogens is 1. The van der Waals surface area contributed by atoms with Gasteiger partial charge < -0.3 is 19.3 Å². The van der Waals surface area contributed by atoms with Gasteiger partial charge in [0.1, 0.15) is 17.4 Å². The topological polar surface area (TPSA) is 77.9 Å². The Morgan fingerprint density at radius 3 is 2.64 bits per heavy atom. The van der Waals surface area contributed by atoms with Crippen LogP contribution in [-0.2, 0) is 22.6 Å². The number of nitrogens with zero attached hydrogens (tertiary/aromatic N) is 1. The van der Waals surface area contributed by atoms with E-state index in [4.69, 9.17) is 14.2 Å². The lowest BCUT2D eigenvalue weighted by molar-refractivity contribution is -0.145. The highest BCUT2D eigenvalue weighted by molar-refractivity contribution is 7.13. The van der Waals surface area contributed by atoms with Gasteiger partial charge in [-0.15, -0.1) is 11.3 Å². The largest absolute Gasteiger partial charge is 0.504 e. The summed E-state index contributed by atoms with van der Waals surface area (Å²) in [5, 5.41) is 12.5. The summed E-state index contributed by atoms with van der Waals surface area (Å²) < 4.78 is 15.7. The predicted octanol–water partition coefficient (Wildman–Crippen LogP) is 4.21. The summed E-state index contributed by atoms with van der Waals surface area (Å²) in [4.78, 5) is 16.5. The van der Waals surface area contributed by atoms with Crippen molar-refractivity contribution in [1.82, 2.24) is 4.98 Å². The van der Waals surface area contributed by atoms with E-state index in [9.17, 15) is 9.90 Å². The number of phenols is 1. The van der Waals surface area contributed by atoms with Crippen LogP contribution in [0.2, 0.25) is 0 Å². The van der Waals surface area contributed by atoms with Crippen LogP contribution in [0.1, 0.15) is 17.7 Å². The third-order valence-corrected chi connectivity index (χ3v) is 5.06. The van der Waals surface area contributed by atoms with Gasteiger partial charge in [0.25, 0.3) is 0 Å². The molecule has 0 saturated carbocycles. The van der Waals surface area contributed by atoms with Gasteiger partial charge in [-0.3, -0.25) is 4.79 Å². The number of hydrogen-bond acceptors (Lipinski definition) is 7. The number of benzene rings is 2. The molecule has 0 fully saturated rings. The zero-order chi connectivity index (χ0) is 19.9. The van der Waals surface area contributed by atoms with Crippen LogP contribution in [0, 0.1) is 0 Å². The molecule has 0 amide bonds. The van der Waals surface area contributed by atoms with E-state index in [0.717, 1.165) is 21.9 Å². The fraction of sp³-hybridized carbons (Fsp3) is 0.238. The van der Waals surface area contributed by atoms with E-state index >= 15 is 0 Å². The van der Waals surface area contributed by atoms with E-state index in [1.54, 1.807) is 19.2 Å². The fourth-order valence-electron chi connectivity index (χ4n) is 2.68. The first-order valence-electron chi connectivity index (χ1n) is 8.70. The normalized spacial score (nSPS) is 10.5. The molecule has 0 aliphatic heterocycles. The van der Waals surface area contributed by atoms with Crippen molar-refractivity contribution in [2.24, 2.45) is 0 Å². The molecule has 146 valence electrons. The third kappa shape index (κ3) is 4.80. The number of carbonyl (C=O) groups excluding carboxylic acids is 1. The quantitative estimate of drug-likeness (QED) is 0.572. The Labute approximate surface area is 167 Å². The number of hydrogen-bond donors (Lipinski definition) is 1. The van der Waals surface area contributed by atoms with Crippen LogP contribution in [0.3, 0.4) is 0 Å². The molecular weight excluding hydrogens is 378 g/mol. The Morgan fingerprint density at radius 2 is 1.89 bits per heavy atom. The molecule has 7 heteroatoms. The Bertz CT molecular complexity index is 953. The minimum atomic E-state index is -0.317. The van der Waals surface area contributed by atoms with E-state index in [0.29, 0.717) is 17.9 Å². The van der Waals surface area contributed by atoms with Gasteiger partial charge in [0.15, 0.2) is 11.5 Å². The summed E-state index contributed by atoms with van der Waals surface area (Å²) >= 11 is 1.48. The Hall–Kier alpha value is -3.06. The van der Waals surface area contributed by atoms with Gasteiger partial charge in [0.05, 0.1) is 25.5 Å². The summed E-state index contributed by atoms with van der Waals surface area (Å²) in [6, 6.07) is 12.7. The highest BCUT2D eigenvalue weighted by Crippen LogP contribution is 2.32. The number of para-hydroxylation sites is 1. The monoisotopic (exact) mass is 399 g/mol. The van der Waals surface area contributed by atoms with E-state index in [1.165, 1.54) is 18.4 Å². The van der Waals surface area contributed by atoms with Crippen LogP contribution in [0.5, 0.6) is 17.2 Å². The number of rotatable bonds is 8. The highest BCUT2D eigenvalue weighted by Gasteiger charge is 2.12. The Balaban J connectivity index is 1.52. The van der Waals surface area contributed by atoms with Crippen LogP contribution >= 0.6 is 11.3 Å². The van der Waals surface area contributed by atoms with Gasteiger partial charge in [0.2, 0.25) is 0 Å². The number of aryl methyl sites for hydroxylation is 1. The van der Waals surface area contributed by atoms with Gasteiger partial charge in [0, 0.05) is 11.8 Å². The molecule has 0 aliphatic rings. The third-order valence-electron chi connectivity index (χ3n) is 4.13. The second kappa shape index (κ2) is 9.23. The highest BCUT2D eigenvalue weighted by atomic mass is 32.1. The van der Waals surface area contributed by atoms with Crippen molar-refractivity contribution in [3.8, 4) is 27.8 Å². The summed E-state index contributed by atoms with van der Waals surface area (Å²) in [5.41, 5.74) is 2.44. The van der Waals surface area contributed by atoms with E-state index < -0.39 is 0 Å². The maximum Gasteiger partial charge on any atom is 0.306 e. The van der Waals surface area contributed by atoms with Crippen molar-refractivity contribution in [2.45, 2.75) is 19.4 Å². The summed E-state index contributed by atoms with van der Waals surface area (Å²) in [6.45, 7) is 0.123. The van der Waals surface area contributed by atoms with Crippen LogP contribution < -0.4 is 9.47 Å². The second-order valence-electron chi connectivity index (χ2n) is 6.01. The van der Waals surface area contributed by atoms with Crippen molar-refractivity contribution < 1.29 is 24.1 Å². The molecule has 0 aliphatic carbocycles. The van der Waals surface area contributed by atoms with Gasteiger partial charge in [-0.2, -0.15) is 0 Å². The molecule has 0 spiro atoms. The van der Waals surface area contributed by atoms with E-state index in [-0.39, 0.29) is 24.7 Å². The molecule has 6 nitrogen and oxygen atoms in total. The lowest BCUT2D eigenvalue weighted by Crippen LogP contribution is -2.06. The van der Waals surface area contributed by atoms with Gasteiger partial charge in [-0.25, -0.2) is 4.98 Å². The zero-order valence-electron chi connectivity index (χ0n) is 15.7. The van der Waals surface area contributed by atoms with Crippen molar-refractivity contribution in [3.05, 3.63) is 59.1 Å². The lowest BCUT2D eigenvalue weighted by Gasteiger charge is -2.06. The van der Waals surface area contributed by atoms with Gasteiger partial charge >= 0.3 is 5.97 Å². The average molecular weight is 399 g/mol. The SMILES string of the molecule is COc1ccc(CCC(=O)OCc2csc(-c3ccccc3OC)n2)cc1O. The summed E-state index contributed by atoms with van der Waals surface area (Å²) in [6.07, 6.45) is 0.690. The second-order valence-corrected chi connectivity index (χ2v) is 6.87. The molecule has 3 aromatic rings. The van der Waals surface area contributed by atoms with Crippen molar-refractivity contribution >= 4 is 17.3 Å². The van der Waals surface area contributed by atoms with Gasteiger partial charge in [-0.1, -0.05) is 18.2 Å². The number of aromatic hydroxyl groups is 1. The fourth-order valence-corrected chi connectivity index (χ4v) is 3.52. The smallest absolute Gasteiger partial charge is 0.306 e. The first-order chi connectivity index (χ1) is 13.6.